The van der Waals surface area contributed by atoms with Crippen LogP contribution in [0.3, 0.4) is 0 Å². The van der Waals surface area contributed by atoms with Crippen LogP contribution < -0.4 is 10.1 Å². The molecule has 0 heterocycles. The highest BCUT2D eigenvalue weighted by atomic mass is 35.5. The Morgan fingerprint density at radius 2 is 1.95 bits per heavy atom. The van der Waals surface area contributed by atoms with Crippen LogP contribution in [0.25, 0.3) is 0 Å². The topological polar surface area (TPSA) is 47.6 Å². The molecular weight excluding hydrogens is 266 g/mol. The van der Waals surface area contributed by atoms with Gasteiger partial charge in [0.05, 0.1) is 7.11 Å². The number of esters is 1. The lowest BCUT2D eigenvalue weighted by molar-refractivity contribution is -0.144. The quantitative estimate of drug-likeness (QED) is 0.618. The van der Waals surface area contributed by atoms with Gasteiger partial charge in [-0.1, -0.05) is 25.4 Å². The van der Waals surface area contributed by atoms with Crippen molar-refractivity contribution >= 4 is 17.6 Å². The van der Waals surface area contributed by atoms with E-state index in [2.05, 4.69) is 5.32 Å². The van der Waals surface area contributed by atoms with E-state index in [0.29, 0.717) is 18.2 Å². The molecule has 5 heteroatoms. The zero-order valence-corrected chi connectivity index (χ0v) is 12.2. The SMILES string of the molecule is COC(=O)C(NCCOc1ccc(Cl)cc1)C(C)C. The van der Waals surface area contributed by atoms with Crippen LogP contribution in [-0.4, -0.2) is 32.3 Å². The highest BCUT2D eigenvalue weighted by Crippen LogP contribution is 2.15. The van der Waals surface area contributed by atoms with Gasteiger partial charge in [0.15, 0.2) is 0 Å². The Balaban J connectivity index is 2.32. The van der Waals surface area contributed by atoms with Crippen LogP contribution >= 0.6 is 11.6 Å². The van der Waals surface area contributed by atoms with Crippen molar-refractivity contribution in [1.82, 2.24) is 5.32 Å². The number of rotatable bonds is 7. The summed E-state index contributed by atoms with van der Waals surface area (Å²) in [4.78, 5) is 11.5. The highest BCUT2D eigenvalue weighted by Gasteiger charge is 2.21. The number of methoxy groups -OCH3 is 1. The highest BCUT2D eigenvalue weighted by molar-refractivity contribution is 6.30. The number of ether oxygens (including phenoxy) is 2. The van der Waals surface area contributed by atoms with Crippen molar-refractivity contribution in [3.05, 3.63) is 29.3 Å². The van der Waals surface area contributed by atoms with Gasteiger partial charge in [0.25, 0.3) is 0 Å². The minimum Gasteiger partial charge on any atom is -0.492 e. The predicted molar refractivity (Wildman–Crippen MR) is 75.6 cm³/mol. The molecule has 0 spiro atoms. The summed E-state index contributed by atoms with van der Waals surface area (Å²) in [7, 11) is 1.39. The molecule has 0 aromatic heterocycles. The normalized spacial score (nSPS) is 12.3. The summed E-state index contributed by atoms with van der Waals surface area (Å²) in [5, 5.41) is 3.80. The Morgan fingerprint density at radius 1 is 1.32 bits per heavy atom. The number of nitrogens with one attached hydrogen (secondary N) is 1. The molecule has 1 N–H and O–H groups in total. The van der Waals surface area contributed by atoms with E-state index in [4.69, 9.17) is 21.1 Å². The van der Waals surface area contributed by atoms with Crippen LogP contribution in [0.1, 0.15) is 13.8 Å². The molecule has 1 aromatic rings. The second-order valence-corrected chi connectivity index (χ2v) is 4.94. The van der Waals surface area contributed by atoms with Crippen molar-refractivity contribution < 1.29 is 14.3 Å². The molecule has 0 saturated carbocycles. The molecule has 19 heavy (non-hydrogen) atoms. The van der Waals surface area contributed by atoms with E-state index in [1.54, 1.807) is 12.1 Å². The summed E-state index contributed by atoms with van der Waals surface area (Å²) < 4.78 is 10.3. The molecule has 0 fully saturated rings. The standard InChI is InChI=1S/C14H20ClNO3/c1-10(2)13(14(17)18-3)16-8-9-19-12-6-4-11(15)5-7-12/h4-7,10,13,16H,8-9H2,1-3H3. The Bertz CT molecular complexity index is 392. The average Bonchev–Trinajstić information content (AvgIpc) is 2.39. The van der Waals surface area contributed by atoms with Crippen molar-refractivity contribution in [3.63, 3.8) is 0 Å². The van der Waals surface area contributed by atoms with Crippen molar-refractivity contribution in [2.24, 2.45) is 5.92 Å². The largest absolute Gasteiger partial charge is 0.492 e. The van der Waals surface area contributed by atoms with Crippen LogP contribution in [-0.2, 0) is 9.53 Å². The lowest BCUT2D eigenvalue weighted by Gasteiger charge is -2.19. The Kier molecular flexibility index (Phi) is 6.67. The van der Waals surface area contributed by atoms with Crippen LogP contribution in [0.5, 0.6) is 5.75 Å². The predicted octanol–water partition coefficient (Wildman–Crippen LogP) is 2.51. The first-order valence-corrected chi connectivity index (χ1v) is 6.62. The van der Waals surface area contributed by atoms with Crippen LogP contribution in [0.2, 0.25) is 5.02 Å². The van der Waals surface area contributed by atoms with Gasteiger partial charge in [0, 0.05) is 11.6 Å². The molecular formula is C14H20ClNO3. The zero-order chi connectivity index (χ0) is 14.3. The maximum Gasteiger partial charge on any atom is 0.323 e. The van der Waals surface area contributed by atoms with Crippen molar-refractivity contribution in [2.45, 2.75) is 19.9 Å². The lowest BCUT2D eigenvalue weighted by atomic mass is 10.1. The van der Waals surface area contributed by atoms with Crippen molar-refractivity contribution in [3.8, 4) is 5.75 Å². The average molecular weight is 286 g/mol. The summed E-state index contributed by atoms with van der Waals surface area (Å²) in [6.45, 7) is 4.98. The number of hydrogen-bond donors (Lipinski definition) is 1. The molecule has 1 unspecified atom stereocenters. The van der Waals surface area contributed by atoms with Gasteiger partial charge in [-0.15, -0.1) is 0 Å². The van der Waals surface area contributed by atoms with E-state index >= 15 is 0 Å². The Hall–Kier alpha value is -1.26. The smallest absolute Gasteiger partial charge is 0.323 e. The second kappa shape index (κ2) is 8.02. The van der Waals surface area contributed by atoms with Gasteiger partial charge in [-0.3, -0.25) is 4.79 Å². The van der Waals surface area contributed by atoms with Gasteiger partial charge in [0.1, 0.15) is 18.4 Å². The molecule has 0 radical (unpaired) electrons. The summed E-state index contributed by atoms with van der Waals surface area (Å²) in [6, 6.07) is 6.86. The van der Waals surface area contributed by atoms with E-state index in [9.17, 15) is 4.79 Å². The van der Waals surface area contributed by atoms with E-state index in [1.165, 1.54) is 7.11 Å². The van der Waals surface area contributed by atoms with Crippen LogP contribution in [0, 0.1) is 5.92 Å². The van der Waals surface area contributed by atoms with Crippen LogP contribution in [0.15, 0.2) is 24.3 Å². The minimum atomic E-state index is -0.307. The molecule has 1 atom stereocenters. The van der Waals surface area contributed by atoms with Crippen molar-refractivity contribution in [2.75, 3.05) is 20.3 Å². The summed E-state index contributed by atoms with van der Waals surface area (Å²) >= 11 is 5.78. The Labute approximate surface area is 119 Å². The lowest BCUT2D eigenvalue weighted by Crippen LogP contribution is -2.43. The molecule has 0 saturated heterocycles. The van der Waals surface area contributed by atoms with Gasteiger partial charge >= 0.3 is 5.97 Å². The fourth-order valence-corrected chi connectivity index (χ4v) is 1.76. The number of carbonyl (C=O) groups excluding carboxylic acids is 1. The molecule has 106 valence electrons. The minimum absolute atomic E-state index is 0.169. The number of hydrogen-bond acceptors (Lipinski definition) is 4. The molecule has 1 aromatic carbocycles. The Morgan fingerprint density at radius 3 is 2.47 bits per heavy atom. The van der Waals surface area contributed by atoms with Gasteiger partial charge in [-0.2, -0.15) is 0 Å². The number of benzene rings is 1. The monoisotopic (exact) mass is 285 g/mol. The van der Waals surface area contributed by atoms with E-state index < -0.39 is 0 Å². The molecule has 0 amide bonds. The third-order valence-electron chi connectivity index (χ3n) is 2.67. The van der Waals surface area contributed by atoms with Gasteiger partial charge in [-0.25, -0.2) is 0 Å². The van der Waals surface area contributed by atoms with E-state index in [1.807, 2.05) is 26.0 Å². The number of halogens is 1. The van der Waals surface area contributed by atoms with E-state index in [0.717, 1.165) is 5.75 Å². The summed E-state index contributed by atoms with van der Waals surface area (Å²) in [5.74, 6) is 0.676. The first-order valence-electron chi connectivity index (χ1n) is 6.24. The zero-order valence-electron chi connectivity index (χ0n) is 11.5. The fourth-order valence-electron chi connectivity index (χ4n) is 1.63. The van der Waals surface area contributed by atoms with Gasteiger partial charge in [-0.05, 0) is 30.2 Å². The molecule has 0 bridgehead atoms. The van der Waals surface area contributed by atoms with Gasteiger partial charge < -0.3 is 14.8 Å². The molecule has 0 aliphatic rings. The second-order valence-electron chi connectivity index (χ2n) is 4.50. The summed E-state index contributed by atoms with van der Waals surface area (Å²) in [6.07, 6.45) is 0. The maximum atomic E-state index is 11.5. The first-order chi connectivity index (χ1) is 9.04. The van der Waals surface area contributed by atoms with Gasteiger partial charge in [0.2, 0.25) is 0 Å². The van der Waals surface area contributed by atoms with Crippen molar-refractivity contribution in [1.29, 1.82) is 0 Å². The molecule has 1 rings (SSSR count). The maximum absolute atomic E-state index is 11.5. The first kappa shape index (κ1) is 15.8. The summed E-state index contributed by atoms with van der Waals surface area (Å²) in [5.41, 5.74) is 0. The molecule has 0 aliphatic carbocycles. The van der Waals surface area contributed by atoms with Crippen LogP contribution in [0.4, 0.5) is 0 Å². The third kappa shape index (κ3) is 5.49. The fraction of sp³-hybridized carbons (Fsp3) is 0.500. The molecule has 0 aliphatic heterocycles. The number of carbonyl (C=O) groups is 1. The van der Waals surface area contributed by atoms with E-state index in [-0.39, 0.29) is 17.9 Å². The third-order valence-corrected chi connectivity index (χ3v) is 2.92. The molecule has 4 nitrogen and oxygen atoms in total.